The van der Waals surface area contributed by atoms with Crippen molar-refractivity contribution in [1.29, 1.82) is 0 Å². The van der Waals surface area contributed by atoms with Crippen LogP contribution in [0.15, 0.2) is 24.5 Å². The van der Waals surface area contributed by atoms with Crippen molar-refractivity contribution in [2.75, 3.05) is 0 Å². The molecule has 0 aliphatic carbocycles. The van der Waals surface area contributed by atoms with Crippen LogP contribution in [-0.2, 0) is 19.3 Å². The normalized spacial score (nSPS) is 11.2. The van der Waals surface area contributed by atoms with E-state index in [2.05, 4.69) is 10.8 Å². The number of allylic oxidation sites excluding steroid dienone is 1. The monoisotopic (exact) mass is 205 g/mol. The van der Waals surface area contributed by atoms with E-state index in [4.69, 9.17) is 0 Å². The maximum atomic E-state index is 10.9. The third-order valence-corrected chi connectivity index (χ3v) is 1.72. The van der Waals surface area contributed by atoms with Crippen LogP contribution in [0.2, 0.25) is 0 Å². The molecule has 0 aromatic heterocycles. The Bertz CT molecular complexity index is 328. The van der Waals surface area contributed by atoms with Crippen LogP contribution in [0.3, 0.4) is 0 Å². The number of carbonyl (C=O) groups is 1. The highest BCUT2D eigenvalue weighted by molar-refractivity contribution is 7.85. The van der Waals surface area contributed by atoms with Gasteiger partial charge in [0.25, 0.3) is 5.91 Å². The van der Waals surface area contributed by atoms with Gasteiger partial charge in [-0.25, -0.2) is 4.72 Å². The van der Waals surface area contributed by atoms with E-state index in [-0.39, 0.29) is 5.57 Å². The van der Waals surface area contributed by atoms with Gasteiger partial charge in [0.2, 0.25) is 0 Å². The van der Waals surface area contributed by atoms with Crippen molar-refractivity contribution in [2.45, 2.75) is 13.8 Å². The van der Waals surface area contributed by atoms with Crippen molar-refractivity contribution in [1.82, 2.24) is 4.72 Å². The Morgan fingerprint density at radius 1 is 1.54 bits per heavy atom. The standard InChI is InChI=1S/C7H11NO4S/c1-4-5-12-13(10,11)8-7(9)6(2)3/h4-5H,2H2,1,3H3,(H,8,9). The van der Waals surface area contributed by atoms with Crippen molar-refractivity contribution in [3.63, 3.8) is 0 Å². The first-order chi connectivity index (χ1) is 5.89. The highest BCUT2D eigenvalue weighted by Crippen LogP contribution is 1.93. The Balaban J connectivity index is 4.35. The van der Waals surface area contributed by atoms with E-state index in [9.17, 15) is 13.2 Å². The Hall–Kier alpha value is -1.30. The zero-order valence-corrected chi connectivity index (χ0v) is 8.22. The van der Waals surface area contributed by atoms with E-state index >= 15 is 0 Å². The molecule has 0 fully saturated rings. The number of amides is 1. The minimum Gasteiger partial charge on any atom is -0.375 e. The van der Waals surface area contributed by atoms with Crippen LogP contribution in [0, 0.1) is 0 Å². The molecule has 0 bridgehead atoms. The van der Waals surface area contributed by atoms with Gasteiger partial charge >= 0.3 is 10.3 Å². The van der Waals surface area contributed by atoms with Gasteiger partial charge < -0.3 is 4.18 Å². The number of rotatable bonds is 4. The van der Waals surface area contributed by atoms with Crippen molar-refractivity contribution < 1.29 is 17.4 Å². The molecular formula is C7H11NO4S. The summed E-state index contributed by atoms with van der Waals surface area (Å²) in [6.45, 7) is 6.24. The zero-order chi connectivity index (χ0) is 10.5. The van der Waals surface area contributed by atoms with Gasteiger partial charge in [-0.1, -0.05) is 12.7 Å². The molecule has 0 aliphatic heterocycles. The highest BCUT2D eigenvalue weighted by Gasteiger charge is 2.14. The lowest BCUT2D eigenvalue weighted by Gasteiger charge is -2.03. The molecule has 0 heterocycles. The molecule has 5 nitrogen and oxygen atoms in total. The molecule has 6 heteroatoms. The van der Waals surface area contributed by atoms with Gasteiger partial charge in [0.15, 0.2) is 0 Å². The summed E-state index contributed by atoms with van der Waals surface area (Å²) in [4.78, 5) is 10.8. The van der Waals surface area contributed by atoms with Crippen molar-refractivity contribution in [3.8, 4) is 0 Å². The average Bonchev–Trinajstić information content (AvgIpc) is 2.00. The van der Waals surface area contributed by atoms with Crippen LogP contribution in [-0.4, -0.2) is 14.3 Å². The van der Waals surface area contributed by atoms with Crippen molar-refractivity contribution >= 4 is 16.2 Å². The molecule has 1 N–H and O–H groups in total. The lowest BCUT2D eigenvalue weighted by Crippen LogP contribution is -2.31. The van der Waals surface area contributed by atoms with Gasteiger partial charge in [-0.2, -0.15) is 8.42 Å². The SMILES string of the molecule is C=C(C)C(=O)NS(=O)(=O)OC=CC. The first-order valence-corrected chi connectivity index (χ1v) is 4.82. The first-order valence-electron chi connectivity index (χ1n) is 3.41. The maximum absolute atomic E-state index is 10.9. The predicted octanol–water partition coefficient (Wildman–Crippen LogP) is 0.474. The molecule has 0 radical (unpaired) electrons. The summed E-state index contributed by atoms with van der Waals surface area (Å²) in [6.07, 6.45) is 2.33. The summed E-state index contributed by atoms with van der Waals surface area (Å²) < 4.78 is 27.6. The van der Waals surface area contributed by atoms with E-state index in [1.165, 1.54) is 13.0 Å². The fourth-order valence-electron chi connectivity index (χ4n) is 0.353. The third kappa shape index (κ3) is 5.02. The quantitative estimate of drug-likeness (QED) is 0.535. The Morgan fingerprint density at radius 3 is 2.46 bits per heavy atom. The second-order valence-corrected chi connectivity index (χ2v) is 3.54. The topological polar surface area (TPSA) is 72.5 Å². The van der Waals surface area contributed by atoms with Gasteiger partial charge in [0.1, 0.15) is 6.26 Å². The number of hydrogen-bond donors (Lipinski definition) is 1. The van der Waals surface area contributed by atoms with Crippen LogP contribution in [0.1, 0.15) is 13.8 Å². The minimum absolute atomic E-state index is 0.0904. The molecule has 74 valence electrons. The molecule has 0 aromatic carbocycles. The van der Waals surface area contributed by atoms with Gasteiger partial charge in [-0.3, -0.25) is 4.79 Å². The van der Waals surface area contributed by atoms with Crippen LogP contribution in [0.25, 0.3) is 0 Å². The molecule has 0 spiro atoms. The zero-order valence-electron chi connectivity index (χ0n) is 7.40. The van der Waals surface area contributed by atoms with E-state index in [0.717, 1.165) is 6.26 Å². The van der Waals surface area contributed by atoms with Gasteiger partial charge in [-0.05, 0) is 13.8 Å². The lowest BCUT2D eigenvalue weighted by atomic mass is 10.3. The Kier molecular flexibility index (Phi) is 4.19. The molecule has 0 aliphatic rings. The number of carbonyl (C=O) groups excluding carboxylic acids is 1. The molecule has 0 atom stereocenters. The first kappa shape index (κ1) is 11.7. The van der Waals surface area contributed by atoms with Crippen molar-refractivity contribution in [3.05, 3.63) is 24.5 Å². The molecule has 0 unspecified atom stereocenters. The maximum Gasteiger partial charge on any atom is 0.409 e. The van der Waals surface area contributed by atoms with Gasteiger partial charge in [0, 0.05) is 5.57 Å². The number of nitrogens with one attached hydrogen (secondary N) is 1. The summed E-state index contributed by atoms with van der Waals surface area (Å²) >= 11 is 0. The summed E-state index contributed by atoms with van der Waals surface area (Å²) in [7, 11) is -4.04. The van der Waals surface area contributed by atoms with Gasteiger partial charge in [-0.15, -0.1) is 0 Å². The molecule has 0 aromatic rings. The minimum atomic E-state index is -4.04. The second-order valence-electron chi connectivity index (χ2n) is 2.23. The van der Waals surface area contributed by atoms with Crippen LogP contribution in [0.5, 0.6) is 0 Å². The van der Waals surface area contributed by atoms with Crippen LogP contribution < -0.4 is 4.72 Å². The van der Waals surface area contributed by atoms with E-state index in [1.54, 1.807) is 11.6 Å². The molecule has 13 heavy (non-hydrogen) atoms. The predicted molar refractivity (Wildman–Crippen MR) is 47.8 cm³/mol. The smallest absolute Gasteiger partial charge is 0.375 e. The fourth-order valence-corrected chi connectivity index (χ4v) is 1.06. The summed E-state index contributed by atoms with van der Waals surface area (Å²) in [5.41, 5.74) is 0.0904. The van der Waals surface area contributed by atoms with Gasteiger partial charge in [0.05, 0.1) is 0 Å². The average molecular weight is 205 g/mol. The van der Waals surface area contributed by atoms with Crippen molar-refractivity contribution in [2.24, 2.45) is 0 Å². The summed E-state index contributed by atoms with van der Waals surface area (Å²) in [5, 5.41) is 0. The molecular weight excluding hydrogens is 194 g/mol. The Morgan fingerprint density at radius 2 is 2.08 bits per heavy atom. The third-order valence-electron chi connectivity index (χ3n) is 0.924. The van der Waals surface area contributed by atoms with E-state index in [0.29, 0.717) is 0 Å². The summed E-state index contributed by atoms with van der Waals surface area (Å²) in [6, 6.07) is 0. The molecule has 0 saturated heterocycles. The second kappa shape index (κ2) is 4.66. The van der Waals surface area contributed by atoms with Crippen LogP contribution in [0.4, 0.5) is 0 Å². The molecule has 1 amide bonds. The van der Waals surface area contributed by atoms with Crippen LogP contribution >= 0.6 is 0 Å². The van der Waals surface area contributed by atoms with E-state index < -0.39 is 16.2 Å². The lowest BCUT2D eigenvalue weighted by molar-refractivity contribution is -0.115. The number of hydrogen-bond acceptors (Lipinski definition) is 4. The summed E-state index contributed by atoms with van der Waals surface area (Å²) in [5.74, 6) is -0.787. The van der Waals surface area contributed by atoms with E-state index in [1.807, 2.05) is 0 Å². The largest absolute Gasteiger partial charge is 0.409 e. The highest BCUT2D eigenvalue weighted by atomic mass is 32.2. The molecule has 0 saturated carbocycles. The fraction of sp³-hybridized carbons (Fsp3) is 0.286. The Labute approximate surface area is 77.3 Å². The molecule has 0 rings (SSSR count).